The minimum atomic E-state index is 0.324. The lowest BCUT2D eigenvalue weighted by Gasteiger charge is -2.33. The van der Waals surface area contributed by atoms with E-state index in [4.69, 9.17) is 9.47 Å². The van der Waals surface area contributed by atoms with Crippen molar-refractivity contribution < 1.29 is 9.47 Å². The van der Waals surface area contributed by atoms with Crippen molar-refractivity contribution >= 4 is 0 Å². The van der Waals surface area contributed by atoms with Crippen LogP contribution in [0.5, 0.6) is 0 Å². The molecule has 2 nitrogen and oxygen atoms in total. The Kier molecular flexibility index (Phi) is 3.81. The Morgan fingerprint density at radius 1 is 0.778 bits per heavy atom. The average Bonchev–Trinajstić information content (AvgIpc) is 2.88. The molecule has 0 bridgehead atoms. The highest BCUT2D eigenvalue weighted by atomic mass is 16.6. The molecule has 2 heterocycles. The number of fused-ring (bicyclic) bond motifs is 1. The van der Waals surface area contributed by atoms with E-state index in [2.05, 4.69) is 41.5 Å². The summed E-state index contributed by atoms with van der Waals surface area (Å²) in [7, 11) is 0. The largest absolute Gasteiger partial charge is 0.375 e. The van der Waals surface area contributed by atoms with Crippen LogP contribution >= 0.6 is 0 Å². The van der Waals surface area contributed by atoms with Gasteiger partial charge in [0.2, 0.25) is 0 Å². The van der Waals surface area contributed by atoms with Crippen molar-refractivity contribution in [1.82, 2.24) is 0 Å². The topological polar surface area (TPSA) is 18.5 Å². The van der Waals surface area contributed by atoms with Crippen molar-refractivity contribution in [2.24, 2.45) is 22.7 Å². The molecule has 2 rings (SSSR count). The summed E-state index contributed by atoms with van der Waals surface area (Å²) in [6.07, 6.45) is 3.04. The van der Waals surface area contributed by atoms with Crippen molar-refractivity contribution in [1.29, 1.82) is 0 Å². The van der Waals surface area contributed by atoms with Gasteiger partial charge in [-0.2, -0.15) is 0 Å². The van der Waals surface area contributed by atoms with Crippen molar-refractivity contribution in [2.45, 2.75) is 66.6 Å². The van der Waals surface area contributed by atoms with E-state index in [1.807, 2.05) is 0 Å². The number of hydrogen-bond donors (Lipinski definition) is 0. The molecule has 0 N–H and O–H groups in total. The van der Waals surface area contributed by atoms with E-state index in [0.717, 1.165) is 13.2 Å². The Hall–Kier alpha value is -0.0800. The van der Waals surface area contributed by atoms with Crippen molar-refractivity contribution in [3.8, 4) is 0 Å². The van der Waals surface area contributed by atoms with Gasteiger partial charge in [0.05, 0.1) is 25.4 Å². The molecule has 0 radical (unpaired) electrons. The second-order valence-electron chi connectivity index (χ2n) is 7.49. The third-order valence-corrected chi connectivity index (χ3v) is 5.88. The van der Waals surface area contributed by atoms with Crippen LogP contribution in [0, 0.1) is 22.7 Å². The highest BCUT2D eigenvalue weighted by Gasteiger charge is 2.54. The molecular weight excluding hydrogens is 224 g/mol. The zero-order chi connectivity index (χ0) is 13.6. The smallest absolute Gasteiger partial charge is 0.0895 e. The van der Waals surface area contributed by atoms with E-state index in [9.17, 15) is 0 Å². The first-order chi connectivity index (χ1) is 8.33. The quantitative estimate of drug-likeness (QED) is 0.758. The van der Waals surface area contributed by atoms with E-state index in [1.54, 1.807) is 0 Å². The zero-order valence-electron chi connectivity index (χ0n) is 13.0. The molecular formula is C16H30O2. The maximum Gasteiger partial charge on any atom is 0.0895 e. The molecule has 0 aromatic heterocycles. The van der Waals surface area contributed by atoms with Gasteiger partial charge in [0, 0.05) is 11.8 Å². The van der Waals surface area contributed by atoms with Gasteiger partial charge >= 0.3 is 0 Å². The van der Waals surface area contributed by atoms with Crippen molar-refractivity contribution in [3.05, 3.63) is 0 Å². The zero-order valence-corrected chi connectivity index (χ0v) is 13.0. The molecule has 2 aliphatic rings. The van der Waals surface area contributed by atoms with E-state index in [0.29, 0.717) is 34.9 Å². The summed E-state index contributed by atoms with van der Waals surface area (Å²) in [6.45, 7) is 15.7. The van der Waals surface area contributed by atoms with Crippen LogP contribution in [0.15, 0.2) is 0 Å². The van der Waals surface area contributed by atoms with Crippen LogP contribution in [0.3, 0.4) is 0 Å². The summed E-state index contributed by atoms with van der Waals surface area (Å²) in [5, 5.41) is 0. The molecule has 2 unspecified atom stereocenters. The fraction of sp³-hybridized carbons (Fsp3) is 1.00. The summed E-state index contributed by atoms with van der Waals surface area (Å²) >= 11 is 0. The van der Waals surface area contributed by atoms with E-state index >= 15 is 0 Å². The second-order valence-corrected chi connectivity index (χ2v) is 7.49. The standard InChI is InChI=1S/C16H30O2/c1-7-15(3,4)11-9-17-14-12(10-18-13(11)14)16(5,6)8-2/h11-14H,7-10H2,1-6H3/t11-,12-,13?,14?/m1/s1. The maximum atomic E-state index is 6.15. The van der Waals surface area contributed by atoms with Gasteiger partial charge in [0.15, 0.2) is 0 Å². The number of hydrogen-bond acceptors (Lipinski definition) is 2. The summed E-state index contributed by atoms with van der Waals surface area (Å²) in [6, 6.07) is 0. The molecule has 2 fully saturated rings. The van der Waals surface area contributed by atoms with E-state index in [-0.39, 0.29) is 0 Å². The molecule has 2 saturated heterocycles. The number of rotatable bonds is 4. The second kappa shape index (κ2) is 4.79. The Bertz CT molecular complexity index is 265. The fourth-order valence-corrected chi connectivity index (χ4v) is 3.36. The minimum Gasteiger partial charge on any atom is -0.375 e. The van der Waals surface area contributed by atoms with Gasteiger partial charge in [-0.05, 0) is 10.8 Å². The van der Waals surface area contributed by atoms with Crippen LogP contribution in [-0.2, 0) is 9.47 Å². The predicted octanol–water partition coefficient (Wildman–Crippen LogP) is 3.89. The van der Waals surface area contributed by atoms with Gasteiger partial charge in [0.1, 0.15) is 0 Å². The van der Waals surface area contributed by atoms with Crippen LogP contribution in [0.25, 0.3) is 0 Å². The molecule has 0 aromatic carbocycles. The lowest BCUT2D eigenvalue weighted by atomic mass is 9.70. The lowest BCUT2D eigenvalue weighted by Crippen LogP contribution is -2.37. The molecule has 4 atom stereocenters. The normalized spacial score (nSPS) is 37.0. The summed E-state index contributed by atoms with van der Waals surface area (Å²) in [5.74, 6) is 1.12. The minimum absolute atomic E-state index is 0.324. The molecule has 0 saturated carbocycles. The van der Waals surface area contributed by atoms with Gasteiger partial charge in [-0.3, -0.25) is 0 Å². The first-order valence-electron chi connectivity index (χ1n) is 7.56. The SMILES string of the molecule is CCC(C)(C)[C@@H]1COC2C1OC[C@H]2C(C)(C)CC. The Labute approximate surface area is 112 Å². The van der Waals surface area contributed by atoms with E-state index in [1.165, 1.54) is 12.8 Å². The Balaban J connectivity index is 2.12. The number of ether oxygens (including phenoxy) is 2. The molecule has 2 aliphatic heterocycles. The summed E-state index contributed by atoms with van der Waals surface area (Å²) < 4.78 is 12.3. The molecule has 0 aliphatic carbocycles. The van der Waals surface area contributed by atoms with Gasteiger partial charge in [-0.15, -0.1) is 0 Å². The summed E-state index contributed by atoms with van der Waals surface area (Å²) in [5.41, 5.74) is 0.648. The van der Waals surface area contributed by atoms with Gasteiger partial charge in [-0.25, -0.2) is 0 Å². The lowest BCUT2D eigenvalue weighted by molar-refractivity contribution is 0.0125. The maximum absolute atomic E-state index is 6.15. The van der Waals surface area contributed by atoms with Crippen LogP contribution in [0.2, 0.25) is 0 Å². The van der Waals surface area contributed by atoms with Gasteiger partial charge in [0.25, 0.3) is 0 Å². The first-order valence-corrected chi connectivity index (χ1v) is 7.56. The average molecular weight is 254 g/mol. The van der Waals surface area contributed by atoms with Crippen molar-refractivity contribution in [2.75, 3.05) is 13.2 Å². The highest BCUT2D eigenvalue weighted by molar-refractivity contribution is 5.01. The molecule has 2 heteroatoms. The van der Waals surface area contributed by atoms with Gasteiger partial charge < -0.3 is 9.47 Å². The molecule has 0 spiro atoms. The van der Waals surface area contributed by atoms with Crippen molar-refractivity contribution in [3.63, 3.8) is 0 Å². The third kappa shape index (κ3) is 2.22. The molecule has 18 heavy (non-hydrogen) atoms. The summed E-state index contributed by atoms with van der Waals surface area (Å²) in [4.78, 5) is 0. The highest BCUT2D eigenvalue weighted by Crippen LogP contribution is 2.49. The first kappa shape index (κ1) is 14.3. The third-order valence-electron chi connectivity index (χ3n) is 5.88. The predicted molar refractivity (Wildman–Crippen MR) is 74.6 cm³/mol. The monoisotopic (exact) mass is 254 g/mol. The van der Waals surface area contributed by atoms with Crippen LogP contribution in [0.4, 0.5) is 0 Å². The van der Waals surface area contributed by atoms with E-state index < -0.39 is 0 Å². The Morgan fingerprint density at radius 2 is 1.11 bits per heavy atom. The molecule has 0 amide bonds. The Morgan fingerprint density at radius 3 is 1.39 bits per heavy atom. The molecule has 106 valence electrons. The van der Waals surface area contributed by atoms with Crippen LogP contribution in [-0.4, -0.2) is 25.4 Å². The molecule has 0 aromatic rings. The van der Waals surface area contributed by atoms with Gasteiger partial charge in [-0.1, -0.05) is 54.4 Å². The fourth-order valence-electron chi connectivity index (χ4n) is 3.36. The van der Waals surface area contributed by atoms with Crippen LogP contribution in [0.1, 0.15) is 54.4 Å². The van der Waals surface area contributed by atoms with Crippen LogP contribution < -0.4 is 0 Å².